The number of hydrogen-bond donors (Lipinski definition) is 5. The van der Waals surface area contributed by atoms with E-state index >= 15 is 0 Å². The molecule has 0 aliphatic carbocycles. The van der Waals surface area contributed by atoms with Crippen LogP contribution in [0.1, 0.15) is 44.1 Å². The number of fused-ring (bicyclic) bond motifs is 4. The fourth-order valence-electron chi connectivity index (χ4n) is 11.4. The third kappa shape index (κ3) is 13.0. The molecule has 2 unspecified atom stereocenters. The second kappa shape index (κ2) is 25.3. The van der Waals surface area contributed by atoms with Crippen molar-refractivity contribution in [3.8, 4) is 51.3 Å². The number of aromatic amines is 2. The van der Waals surface area contributed by atoms with Crippen molar-refractivity contribution in [1.82, 2.24) is 20.2 Å². The van der Waals surface area contributed by atoms with Crippen LogP contribution >= 0.6 is 23.5 Å². The fourth-order valence-corrected chi connectivity index (χ4v) is 13.4. The van der Waals surface area contributed by atoms with Gasteiger partial charge in [0.1, 0.15) is 17.2 Å². The molecule has 5 N–H and O–H groups in total. The predicted molar refractivity (Wildman–Crippen MR) is 321 cm³/mol. The highest BCUT2D eigenvalue weighted by atomic mass is 32.2. The maximum atomic E-state index is 12.7. The molecule has 4 fully saturated rings. The molecule has 13 rings (SSSR count). The summed E-state index contributed by atoms with van der Waals surface area (Å²) >= 11 is 3.43. The first-order valence-corrected chi connectivity index (χ1v) is 30.0. The molecule has 416 valence electrons. The SMILES string of the molecule is COc1ccc(CCN2CCCC(Nc3ccc4c(c3)Sc3cccc(-c5cc(N6CCOCC6)cc(=O)[nH]5)c3O4)CC2)cc1.O=c1cc(N2CCOCC2)cc(-c2cccc3c2Oc2ccc(NC4CCCNCC4)cc2S3)[nH]1. The molecule has 8 heterocycles. The van der Waals surface area contributed by atoms with Gasteiger partial charge in [0.05, 0.1) is 64.5 Å². The van der Waals surface area contributed by atoms with Gasteiger partial charge in [0, 0.05) is 97.4 Å². The number of pyridine rings is 2. The number of morpholine rings is 2. The predicted octanol–water partition coefficient (Wildman–Crippen LogP) is 11.3. The number of likely N-dealkylation sites (tertiary alicyclic amines) is 1. The summed E-state index contributed by atoms with van der Waals surface area (Å²) in [6.45, 7) is 11.3. The number of rotatable bonds is 12. The zero-order chi connectivity index (χ0) is 54.2. The molecule has 6 aliphatic heterocycles. The van der Waals surface area contributed by atoms with Crippen molar-refractivity contribution in [2.75, 3.05) is 113 Å². The minimum Gasteiger partial charge on any atom is -0.497 e. The molecular formula is C63H70N8O7S2. The van der Waals surface area contributed by atoms with Crippen molar-refractivity contribution < 1.29 is 23.7 Å². The van der Waals surface area contributed by atoms with Gasteiger partial charge in [-0.15, -0.1) is 0 Å². The molecule has 0 bridgehead atoms. The summed E-state index contributed by atoms with van der Waals surface area (Å²) in [6.07, 6.45) is 8.05. The number of nitrogens with zero attached hydrogens (tertiary/aromatic N) is 3. The van der Waals surface area contributed by atoms with Crippen LogP contribution in [0.2, 0.25) is 0 Å². The number of aromatic nitrogens is 2. The summed E-state index contributed by atoms with van der Waals surface area (Å²) in [6, 6.07) is 41.8. The molecule has 4 saturated heterocycles. The summed E-state index contributed by atoms with van der Waals surface area (Å²) in [5.74, 6) is 4.16. The zero-order valence-electron chi connectivity index (χ0n) is 45.4. The second-order valence-electron chi connectivity index (χ2n) is 21.2. The highest BCUT2D eigenvalue weighted by Gasteiger charge is 2.27. The molecule has 0 amide bonds. The van der Waals surface area contributed by atoms with Gasteiger partial charge >= 0.3 is 0 Å². The summed E-state index contributed by atoms with van der Waals surface area (Å²) in [7, 11) is 1.71. The Hall–Kier alpha value is -6.86. The van der Waals surface area contributed by atoms with Crippen molar-refractivity contribution in [2.24, 2.45) is 0 Å². The summed E-state index contributed by atoms with van der Waals surface area (Å²) in [5.41, 5.74) is 8.50. The molecule has 17 heteroatoms. The Labute approximate surface area is 476 Å². The number of nitrogens with one attached hydrogen (secondary N) is 5. The molecule has 7 aromatic rings. The Morgan fingerprint density at radius 2 is 1.11 bits per heavy atom. The summed E-state index contributed by atoms with van der Waals surface area (Å²) in [4.78, 5) is 42.5. The van der Waals surface area contributed by atoms with Crippen LogP contribution in [0.15, 0.2) is 150 Å². The van der Waals surface area contributed by atoms with Gasteiger partial charge in [-0.25, -0.2) is 0 Å². The van der Waals surface area contributed by atoms with E-state index in [-0.39, 0.29) is 11.1 Å². The monoisotopic (exact) mass is 1110 g/mol. The van der Waals surface area contributed by atoms with Crippen LogP contribution in [-0.4, -0.2) is 119 Å². The normalized spacial score (nSPS) is 19.0. The van der Waals surface area contributed by atoms with E-state index in [1.54, 1.807) is 42.8 Å². The Balaban J connectivity index is 0.000000164. The van der Waals surface area contributed by atoms with Crippen molar-refractivity contribution >= 4 is 46.3 Å². The molecule has 5 aromatic carbocycles. The lowest BCUT2D eigenvalue weighted by atomic mass is 10.1. The van der Waals surface area contributed by atoms with E-state index in [1.807, 2.05) is 54.6 Å². The van der Waals surface area contributed by atoms with Gasteiger partial charge in [-0.3, -0.25) is 9.59 Å². The van der Waals surface area contributed by atoms with Crippen LogP contribution in [-0.2, 0) is 15.9 Å². The quantitative estimate of drug-likeness (QED) is 0.0787. The minimum absolute atomic E-state index is 0.116. The third-order valence-corrected chi connectivity index (χ3v) is 17.9. The molecule has 2 aromatic heterocycles. The van der Waals surface area contributed by atoms with E-state index in [0.29, 0.717) is 38.5 Å². The van der Waals surface area contributed by atoms with Crippen molar-refractivity contribution in [3.63, 3.8) is 0 Å². The van der Waals surface area contributed by atoms with Crippen LogP contribution < -0.4 is 51.1 Å². The van der Waals surface area contributed by atoms with Gasteiger partial charge in [-0.2, -0.15) is 0 Å². The van der Waals surface area contributed by atoms with E-state index in [4.69, 9.17) is 23.7 Å². The Kier molecular flexibility index (Phi) is 17.0. The van der Waals surface area contributed by atoms with Gasteiger partial charge in [0.25, 0.3) is 0 Å². The fraction of sp³-hybridized carbons (Fsp3) is 0.365. The Morgan fingerprint density at radius 1 is 0.562 bits per heavy atom. The maximum Gasteiger partial charge on any atom is 0.250 e. The molecular weight excluding hydrogens is 1040 g/mol. The van der Waals surface area contributed by atoms with Crippen LogP contribution in [0.5, 0.6) is 28.7 Å². The van der Waals surface area contributed by atoms with Gasteiger partial charge in [-0.05, 0) is 155 Å². The Morgan fingerprint density at radius 3 is 1.68 bits per heavy atom. The van der Waals surface area contributed by atoms with Gasteiger partial charge < -0.3 is 64.3 Å². The lowest BCUT2D eigenvalue weighted by Crippen LogP contribution is -2.36. The van der Waals surface area contributed by atoms with Gasteiger partial charge in [0.2, 0.25) is 11.1 Å². The van der Waals surface area contributed by atoms with Crippen molar-refractivity contribution in [2.45, 2.75) is 76.6 Å². The average molecular weight is 1120 g/mol. The van der Waals surface area contributed by atoms with Crippen molar-refractivity contribution in [3.05, 3.63) is 148 Å². The van der Waals surface area contributed by atoms with Gasteiger partial charge in [0.15, 0.2) is 11.5 Å². The summed E-state index contributed by atoms with van der Waals surface area (Å²) < 4.78 is 29.2. The number of H-pyrrole nitrogens is 2. The van der Waals surface area contributed by atoms with Crippen LogP contribution in [0.3, 0.4) is 0 Å². The highest BCUT2D eigenvalue weighted by Crippen LogP contribution is 2.53. The van der Waals surface area contributed by atoms with Gasteiger partial charge in [-0.1, -0.05) is 47.8 Å². The third-order valence-electron chi connectivity index (χ3n) is 15.7. The number of anilines is 4. The van der Waals surface area contributed by atoms with Crippen LogP contribution in [0.4, 0.5) is 22.7 Å². The van der Waals surface area contributed by atoms with Crippen molar-refractivity contribution in [1.29, 1.82) is 0 Å². The average Bonchev–Trinajstić information content (AvgIpc) is 4.06. The number of ether oxygens (including phenoxy) is 5. The molecule has 0 saturated carbocycles. The Bertz CT molecular complexity index is 3390. The largest absolute Gasteiger partial charge is 0.497 e. The minimum atomic E-state index is -0.120. The number of hydrogen-bond acceptors (Lipinski definition) is 15. The maximum absolute atomic E-state index is 12.7. The standard InChI is InChI=1S/C36H40N4O4S.C27H30N4O3S/c1-42-29-10-7-25(8-11-29)13-16-39-15-3-4-26(14-17-39)37-27-9-12-32-34(22-27)45-33-6-2-5-30(36(33)44-32)31-23-28(24-35(41)38-31)40-18-20-43-21-19-40;32-26-17-20(31-11-13-33-14-12-31)16-22(30-26)21-4-1-5-24-27(21)34-23-7-6-19(15-25(23)35-24)29-18-3-2-9-28-10-8-18/h2,5-12,22-24,26,37H,3-4,13-21H2,1H3,(H,38,41);1,4-7,15-18,28-29H,2-3,8-14H2,(H,30,32). The molecule has 15 nitrogen and oxygen atoms in total. The first-order chi connectivity index (χ1) is 39.3. The molecule has 0 spiro atoms. The lowest BCUT2D eigenvalue weighted by molar-refractivity contribution is 0.122. The molecule has 2 atom stereocenters. The lowest BCUT2D eigenvalue weighted by Gasteiger charge is -2.29. The van der Waals surface area contributed by atoms with Crippen LogP contribution in [0, 0.1) is 0 Å². The zero-order valence-corrected chi connectivity index (χ0v) is 47.0. The summed E-state index contributed by atoms with van der Waals surface area (Å²) in [5, 5.41) is 11.0. The van der Waals surface area contributed by atoms with E-state index < -0.39 is 0 Å². The second-order valence-corrected chi connectivity index (χ2v) is 23.3. The number of methoxy groups -OCH3 is 1. The topological polar surface area (TPSA) is 158 Å². The number of benzene rings is 5. The first-order valence-electron chi connectivity index (χ1n) is 28.3. The van der Waals surface area contributed by atoms with Crippen LogP contribution in [0.25, 0.3) is 22.5 Å². The molecule has 6 aliphatic rings. The van der Waals surface area contributed by atoms with E-state index in [9.17, 15) is 9.59 Å². The number of para-hydroxylation sites is 2. The molecule has 0 radical (unpaired) electrons. The first kappa shape index (κ1) is 53.8. The molecule has 80 heavy (non-hydrogen) atoms. The highest BCUT2D eigenvalue weighted by molar-refractivity contribution is 8.00. The smallest absolute Gasteiger partial charge is 0.250 e. The van der Waals surface area contributed by atoms with E-state index in [1.165, 1.54) is 24.8 Å². The van der Waals surface area contributed by atoms with E-state index in [2.05, 4.69) is 95.2 Å². The van der Waals surface area contributed by atoms with E-state index in [0.717, 1.165) is 178 Å².